The first kappa shape index (κ1) is 11.5. The Labute approximate surface area is 89.7 Å². The van der Waals surface area contributed by atoms with Gasteiger partial charge in [0, 0.05) is 18.2 Å². The molecule has 0 radical (unpaired) electrons. The number of nitriles is 1. The second-order valence-corrected chi connectivity index (χ2v) is 3.53. The Morgan fingerprint density at radius 2 is 2.33 bits per heavy atom. The summed E-state index contributed by atoms with van der Waals surface area (Å²) >= 11 is 0. The van der Waals surface area contributed by atoms with Crippen molar-refractivity contribution < 1.29 is 4.74 Å². The van der Waals surface area contributed by atoms with Gasteiger partial charge in [-0.1, -0.05) is 0 Å². The third-order valence-electron chi connectivity index (χ3n) is 1.88. The lowest BCUT2D eigenvalue weighted by Crippen LogP contribution is -2.19. The number of aryl methyl sites for hydroxylation is 1. The van der Waals surface area contributed by atoms with E-state index in [0.717, 1.165) is 11.4 Å². The minimum Gasteiger partial charge on any atom is -0.477 e. The van der Waals surface area contributed by atoms with Crippen molar-refractivity contribution in [3.63, 3.8) is 0 Å². The molecule has 15 heavy (non-hydrogen) atoms. The molecule has 0 aromatic carbocycles. The first-order chi connectivity index (χ1) is 7.13. The Morgan fingerprint density at radius 3 is 2.93 bits per heavy atom. The average Bonchev–Trinajstić information content (AvgIpc) is 2.16. The van der Waals surface area contributed by atoms with Crippen molar-refractivity contribution in [3.8, 4) is 11.8 Å². The summed E-state index contributed by atoms with van der Waals surface area (Å²) in [6, 6.07) is 5.65. The van der Waals surface area contributed by atoms with E-state index in [9.17, 15) is 0 Å². The summed E-state index contributed by atoms with van der Waals surface area (Å²) < 4.78 is 5.26. The maximum Gasteiger partial charge on any atom is 0.174 e. The maximum absolute atomic E-state index is 8.43. The fourth-order valence-corrected chi connectivity index (χ4v) is 1.29. The molecule has 1 atom stereocenters. The largest absolute Gasteiger partial charge is 0.477 e. The minimum atomic E-state index is 0.0312. The fourth-order valence-electron chi connectivity index (χ4n) is 1.29. The van der Waals surface area contributed by atoms with E-state index >= 15 is 0 Å². The van der Waals surface area contributed by atoms with Gasteiger partial charge in [0.05, 0.1) is 5.69 Å². The molecule has 0 fully saturated rings. The lowest BCUT2D eigenvalue weighted by molar-refractivity contribution is 0.360. The van der Waals surface area contributed by atoms with Crippen molar-refractivity contribution in [3.05, 3.63) is 23.5 Å². The zero-order chi connectivity index (χ0) is 11.3. The van der Waals surface area contributed by atoms with E-state index in [1.54, 1.807) is 0 Å². The highest BCUT2D eigenvalue weighted by Gasteiger charge is 2.08. The van der Waals surface area contributed by atoms with Crippen LogP contribution in [0.25, 0.3) is 0 Å². The van der Waals surface area contributed by atoms with Crippen LogP contribution in [0.1, 0.15) is 18.3 Å². The molecule has 80 valence electrons. The predicted octanol–water partition coefficient (Wildman–Crippen LogP) is 1.18. The van der Waals surface area contributed by atoms with Crippen LogP contribution < -0.4 is 10.5 Å². The van der Waals surface area contributed by atoms with Gasteiger partial charge in [-0.2, -0.15) is 5.26 Å². The second-order valence-electron chi connectivity index (χ2n) is 3.53. The SMILES string of the molecule is Cc1ccc(OCC#N)c(CC(C)N)n1. The number of ether oxygens (including phenoxy) is 1. The third-order valence-corrected chi connectivity index (χ3v) is 1.88. The Kier molecular flexibility index (Phi) is 4.07. The van der Waals surface area contributed by atoms with Gasteiger partial charge >= 0.3 is 0 Å². The molecular weight excluding hydrogens is 190 g/mol. The summed E-state index contributed by atoms with van der Waals surface area (Å²) in [7, 11) is 0. The lowest BCUT2D eigenvalue weighted by atomic mass is 10.1. The fraction of sp³-hybridized carbons (Fsp3) is 0.455. The van der Waals surface area contributed by atoms with Crippen molar-refractivity contribution in [1.82, 2.24) is 4.98 Å². The van der Waals surface area contributed by atoms with Gasteiger partial charge in [0.25, 0.3) is 0 Å². The summed E-state index contributed by atoms with van der Waals surface area (Å²) in [6.07, 6.45) is 0.655. The van der Waals surface area contributed by atoms with E-state index in [0.29, 0.717) is 12.2 Å². The molecule has 1 heterocycles. The van der Waals surface area contributed by atoms with Crippen LogP contribution in [-0.2, 0) is 6.42 Å². The van der Waals surface area contributed by atoms with Gasteiger partial charge in [-0.05, 0) is 26.0 Å². The normalized spacial score (nSPS) is 11.9. The molecule has 1 aromatic heterocycles. The van der Waals surface area contributed by atoms with Gasteiger partial charge in [0.15, 0.2) is 6.61 Å². The number of nitrogens with two attached hydrogens (primary N) is 1. The number of aromatic nitrogens is 1. The maximum atomic E-state index is 8.43. The van der Waals surface area contributed by atoms with E-state index in [4.69, 9.17) is 15.7 Å². The Balaban J connectivity index is 2.88. The van der Waals surface area contributed by atoms with Gasteiger partial charge in [-0.15, -0.1) is 0 Å². The van der Waals surface area contributed by atoms with Crippen LogP contribution in [0.3, 0.4) is 0 Å². The number of hydrogen-bond donors (Lipinski definition) is 1. The molecule has 0 saturated carbocycles. The number of hydrogen-bond acceptors (Lipinski definition) is 4. The van der Waals surface area contributed by atoms with E-state index < -0.39 is 0 Å². The van der Waals surface area contributed by atoms with Crippen LogP contribution in [0.2, 0.25) is 0 Å². The smallest absolute Gasteiger partial charge is 0.174 e. The molecule has 1 rings (SSSR count). The molecule has 2 N–H and O–H groups in total. The second kappa shape index (κ2) is 5.32. The first-order valence-corrected chi connectivity index (χ1v) is 4.85. The molecule has 1 aromatic rings. The first-order valence-electron chi connectivity index (χ1n) is 4.85. The minimum absolute atomic E-state index is 0.0312. The number of pyridine rings is 1. The predicted molar refractivity (Wildman–Crippen MR) is 57.4 cm³/mol. The van der Waals surface area contributed by atoms with Crippen LogP contribution in [0.15, 0.2) is 12.1 Å². The molecule has 4 heteroatoms. The van der Waals surface area contributed by atoms with Gasteiger partial charge in [0.2, 0.25) is 0 Å². The highest BCUT2D eigenvalue weighted by Crippen LogP contribution is 2.18. The Bertz CT molecular complexity index is 369. The van der Waals surface area contributed by atoms with Crippen molar-refractivity contribution in [1.29, 1.82) is 5.26 Å². The van der Waals surface area contributed by atoms with Gasteiger partial charge in [-0.3, -0.25) is 4.98 Å². The van der Waals surface area contributed by atoms with Crippen LogP contribution in [0.4, 0.5) is 0 Å². The van der Waals surface area contributed by atoms with Crippen LogP contribution in [-0.4, -0.2) is 17.6 Å². The highest BCUT2D eigenvalue weighted by molar-refractivity contribution is 5.30. The molecule has 0 aliphatic carbocycles. The summed E-state index contributed by atoms with van der Waals surface area (Å²) in [6.45, 7) is 3.87. The molecule has 4 nitrogen and oxygen atoms in total. The van der Waals surface area contributed by atoms with E-state index in [-0.39, 0.29) is 12.6 Å². The quantitative estimate of drug-likeness (QED) is 0.801. The third kappa shape index (κ3) is 3.56. The van der Waals surface area contributed by atoms with Gasteiger partial charge in [-0.25, -0.2) is 0 Å². The van der Waals surface area contributed by atoms with Crippen LogP contribution >= 0.6 is 0 Å². The van der Waals surface area contributed by atoms with E-state index in [2.05, 4.69) is 4.98 Å². The summed E-state index contributed by atoms with van der Waals surface area (Å²) in [4.78, 5) is 4.35. The van der Waals surface area contributed by atoms with Crippen LogP contribution in [0.5, 0.6) is 5.75 Å². The number of rotatable bonds is 4. The molecule has 0 aliphatic heterocycles. The standard InChI is InChI=1S/C11H15N3O/c1-8(13)7-10-11(15-6-5-12)4-3-9(2)14-10/h3-4,8H,6-7,13H2,1-2H3. The van der Waals surface area contributed by atoms with Crippen molar-refractivity contribution in [2.75, 3.05) is 6.61 Å². The van der Waals surface area contributed by atoms with Crippen molar-refractivity contribution in [2.24, 2.45) is 5.73 Å². The summed E-state index contributed by atoms with van der Waals surface area (Å²) in [5, 5.41) is 8.43. The molecule has 0 amide bonds. The van der Waals surface area contributed by atoms with E-state index in [1.807, 2.05) is 32.0 Å². The zero-order valence-electron chi connectivity index (χ0n) is 9.03. The monoisotopic (exact) mass is 205 g/mol. The average molecular weight is 205 g/mol. The van der Waals surface area contributed by atoms with E-state index in [1.165, 1.54) is 0 Å². The molecule has 0 saturated heterocycles. The van der Waals surface area contributed by atoms with Gasteiger partial charge < -0.3 is 10.5 Å². The highest BCUT2D eigenvalue weighted by atomic mass is 16.5. The molecule has 1 unspecified atom stereocenters. The topological polar surface area (TPSA) is 71.9 Å². The van der Waals surface area contributed by atoms with Crippen molar-refractivity contribution in [2.45, 2.75) is 26.3 Å². The number of nitrogens with zero attached hydrogens (tertiary/aromatic N) is 2. The molecule has 0 aliphatic rings. The van der Waals surface area contributed by atoms with Crippen LogP contribution in [0, 0.1) is 18.3 Å². The Morgan fingerprint density at radius 1 is 1.60 bits per heavy atom. The molecular formula is C11H15N3O. The van der Waals surface area contributed by atoms with Gasteiger partial charge in [0.1, 0.15) is 11.8 Å². The van der Waals surface area contributed by atoms with Crippen molar-refractivity contribution >= 4 is 0 Å². The summed E-state index contributed by atoms with van der Waals surface area (Å²) in [5.41, 5.74) is 7.46. The Hall–Kier alpha value is -1.60. The molecule has 0 spiro atoms. The summed E-state index contributed by atoms with van der Waals surface area (Å²) in [5.74, 6) is 0.652. The zero-order valence-corrected chi connectivity index (χ0v) is 9.03. The molecule has 0 bridgehead atoms. The lowest BCUT2D eigenvalue weighted by Gasteiger charge is -2.10.